The van der Waals surface area contributed by atoms with E-state index in [-0.39, 0.29) is 5.75 Å². The van der Waals surface area contributed by atoms with E-state index < -0.39 is 6.61 Å². The Morgan fingerprint density at radius 3 is 2.65 bits per heavy atom. The molecule has 0 saturated heterocycles. The van der Waals surface area contributed by atoms with Crippen LogP contribution in [0.5, 0.6) is 5.75 Å². The maximum absolute atomic E-state index is 12.2. The van der Waals surface area contributed by atoms with Crippen LogP contribution < -0.4 is 4.74 Å². The molecule has 2 aromatic heterocycles. The first kappa shape index (κ1) is 15.3. The molecular weight excluding hydrogens is 328 g/mol. The zero-order valence-corrected chi connectivity index (χ0v) is 12.7. The lowest BCUT2D eigenvalue weighted by Gasteiger charge is -2.07. The molecule has 23 heavy (non-hydrogen) atoms. The summed E-state index contributed by atoms with van der Waals surface area (Å²) in [6, 6.07) is 6.07. The highest BCUT2D eigenvalue weighted by Gasteiger charge is 2.11. The van der Waals surface area contributed by atoms with E-state index in [9.17, 15) is 8.78 Å². The van der Waals surface area contributed by atoms with Crippen LogP contribution in [-0.2, 0) is 12.8 Å². The lowest BCUT2D eigenvalue weighted by molar-refractivity contribution is -0.0498. The van der Waals surface area contributed by atoms with Crippen LogP contribution in [0.4, 0.5) is 8.78 Å². The minimum atomic E-state index is -2.85. The Hall–Kier alpha value is -2.56. The van der Waals surface area contributed by atoms with Gasteiger partial charge in [-0.1, -0.05) is 11.8 Å². The second-order valence-electron chi connectivity index (χ2n) is 4.39. The van der Waals surface area contributed by atoms with Gasteiger partial charge in [0.15, 0.2) is 11.0 Å². The summed E-state index contributed by atoms with van der Waals surface area (Å²) in [5.41, 5.74) is 0.644. The molecule has 0 amide bonds. The van der Waals surface area contributed by atoms with E-state index in [1.807, 2.05) is 7.05 Å². The van der Waals surface area contributed by atoms with Gasteiger partial charge in [-0.2, -0.15) is 13.5 Å². The van der Waals surface area contributed by atoms with Gasteiger partial charge in [-0.3, -0.25) is 0 Å². The zero-order chi connectivity index (χ0) is 16.2. The summed E-state index contributed by atoms with van der Waals surface area (Å²) in [5, 5.41) is 20.0. The largest absolute Gasteiger partial charge is 0.435 e. The molecule has 0 saturated carbocycles. The van der Waals surface area contributed by atoms with Crippen LogP contribution in [-0.4, -0.2) is 41.6 Å². The van der Waals surface area contributed by atoms with E-state index in [4.69, 9.17) is 0 Å². The van der Waals surface area contributed by atoms with Crippen molar-refractivity contribution in [2.24, 2.45) is 7.05 Å². The summed E-state index contributed by atoms with van der Waals surface area (Å²) >= 11 is 1.43. The number of hydrogen-bond donors (Lipinski definition) is 0. The lowest BCUT2D eigenvalue weighted by atomic mass is 10.3. The molecule has 8 nitrogen and oxygen atoms in total. The number of benzene rings is 1. The number of rotatable bonds is 6. The maximum Gasteiger partial charge on any atom is 0.387 e. The average Bonchev–Trinajstić information content (AvgIpc) is 3.14. The van der Waals surface area contributed by atoms with Gasteiger partial charge in [0.25, 0.3) is 0 Å². The molecule has 0 spiro atoms. The molecule has 11 heteroatoms. The van der Waals surface area contributed by atoms with Gasteiger partial charge in [-0.15, -0.1) is 15.3 Å². The molecule has 0 aliphatic heterocycles. The second-order valence-corrected chi connectivity index (χ2v) is 5.33. The third-order valence-corrected chi connectivity index (χ3v) is 3.87. The predicted octanol–water partition coefficient (Wildman–Crippen LogP) is 1.68. The van der Waals surface area contributed by atoms with E-state index in [2.05, 4.69) is 30.5 Å². The van der Waals surface area contributed by atoms with Gasteiger partial charge in [-0.25, -0.2) is 0 Å². The highest BCUT2D eigenvalue weighted by atomic mass is 32.2. The minimum Gasteiger partial charge on any atom is -0.435 e. The Labute approximate surface area is 133 Å². The van der Waals surface area contributed by atoms with Crippen molar-refractivity contribution in [3.05, 3.63) is 36.4 Å². The van der Waals surface area contributed by atoms with Crippen molar-refractivity contribution in [3.63, 3.8) is 0 Å². The fourth-order valence-electron chi connectivity index (χ4n) is 1.80. The molecule has 0 bridgehead atoms. The van der Waals surface area contributed by atoms with Gasteiger partial charge >= 0.3 is 6.61 Å². The third-order valence-electron chi connectivity index (χ3n) is 2.84. The highest BCUT2D eigenvalue weighted by Crippen LogP contribution is 2.21. The van der Waals surface area contributed by atoms with Crippen molar-refractivity contribution >= 4 is 11.8 Å². The van der Waals surface area contributed by atoms with Crippen molar-refractivity contribution in [1.82, 2.24) is 35.0 Å². The van der Waals surface area contributed by atoms with Gasteiger partial charge in [0.1, 0.15) is 12.1 Å². The van der Waals surface area contributed by atoms with Crippen LogP contribution in [0.1, 0.15) is 5.82 Å². The van der Waals surface area contributed by atoms with Crippen molar-refractivity contribution in [1.29, 1.82) is 0 Å². The number of hydrogen-bond acceptors (Lipinski definition) is 7. The van der Waals surface area contributed by atoms with E-state index in [1.165, 1.54) is 28.6 Å². The topological polar surface area (TPSA) is 83.5 Å². The van der Waals surface area contributed by atoms with Gasteiger partial charge < -0.3 is 9.30 Å². The molecule has 2 heterocycles. The summed E-state index contributed by atoms with van der Waals surface area (Å²) < 4.78 is 31.9. The van der Waals surface area contributed by atoms with Crippen molar-refractivity contribution in [2.75, 3.05) is 0 Å². The number of aromatic nitrogens is 7. The lowest BCUT2D eigenvalue weighted by Crippen LogP contribution is -2.04. The van der Waals surface area contributed by atoms with Crippen LogP contribution in [0.3, 0.4) is 0 Å². The summed E-state index contributed by atoms with van der Waals surface area (Å²) in [6.07, 6.45) is 1.60. The number of halogens is 2. The molecule has 1 aromatic carbocycles. The van der Waals surface area contributed by atoms with E-state index in [0.717, 1.165) is 5.16 Å². The van der Waals surface area contributed by atoms with E-state index >= 15 is 0 Å². The number of alkyl halides is 2. The van der Waals surface area contributed by atoms with Crippen molar-refractivity contribution in [3.8, 4) is 11.4 Å². The SMILES string of the molecule is Cn1cnnc1SCc1nnnn1-c1ccc(OC(F)F)cc1. The minimum absolute atomic E-state index is 0.0758. The fraction of sp³-hybridized carbons (Fsp3) is 0.250. The molecule has 0 fully saturated rings. The number of nitrogens with zero attached hydrogens (tertiary/aromatic N) is 7. The Kier molecular flexibility index (Phi) is 4.46. The Balaban J connectivity index is 1.74. The smallest absolute Gasteiger partial charge is 0.387 e. The summed E-state index contributed by atoms with van der Waals surface area (Å²) in [7, 11) is 1.84. The van der Waals surface area contributed by atoms with Crippen LogP contribution in [0, 0.1) is 0 Å². The normalized spacial score (nSPS) is 11.1. The molecule has 0 unspecified atom stereocenters. The van der Waals surface area contributed by atoms with E-state index in [0.29, 0.717) is 17.3 Å². The summed E-state index contributed by atoms with van der Waals surface area (Å²) in [5.74, 6) is 1.15. The van der Waals surface area contributed by atoms with Crippen LogP contribution in [0.2, 0.25) is 0 Å². The van der Waals surface area contributed by atoms with Gasteiger partial charge in [0.05, 0.1) is 11.4 Å². The van der Waals surface area contributed by atoms with Gasteiger partial charge in [-0.05, 0) is 34.7 Å². The van der Waals surface area contributed by atoms with Crippen LogP contribution >= 0.6 is 11.8 Å². The van der Waals surface area contributed by atoms with Crippen molar-refractivity contribution < 1.29 is 13.5 Å². The zero-order valence-electron chi connectivity index (χ0n) is 11.9. The first-order chi connectivity index (χ1) is 11.1. The Bertz CT molecular complexity index is 774. The van der Waals surface area contributed by atoms with Gasteiger partial charge in [0, 0.05) is 7.05 Å². The first-order valence-electron chi connectivity index (χ1n) is 6.43. The van der Waals surface area contributed by atoms with Crippen molar-refractivity contribution in [2.45, 2.75) is 17.5 Å². The predicted molar refractivity (Wildman–Crippen MR) is 76.4 cm³/mol. The molecule has 0 atom stereocenters. The van der Waals surface area contributed by atoms with Crippen LogP contribution in [0.25, 0.3) is 5.69 Å². The first-order valence-corrected chi connectivity index (χ1v) is 7.41. The number of thioether (sulfide) groups is 1. The maximum atomic E-state index is 12.2. The Morgan fingerprint density at radius 1 is 1.22 bits per heavy atom. The monoisotopic (exact) mass is 339 g/mol. The molecular formula is C12H11F2N7OS. The average molecular weight is 339 g/mol. The number of tetrazole rings is 1. The molecule has 0 aliphatic carbocycles. The molecule has 3 aromatic rings. The molecule has 0 radical (unpaired) electrons. The van der Waals surface area contributed by atoms with E-state index in [1.54, 1.807) is 23.0 Å². The Morgan fingerprint density at radius 2 is 2.00 bits per heavy atom. The molecule has 120 valence electrons. The number of ether oxygens (including phenoxy) is 1. The van der Waals surface area contributed by atoms with Crippen LogP contribution in [0.15, 0.2) is 35.7 Å². The second kappa shape index (κ2) is 6.69. The number of aryl methyl sites for hydroxylation is 1. The molecule has 0 aliphatic rings. The summed E-state index contributed by atoms with van der Waals surface area (Å²) in [6.45, 7) is -2.85. The van der Waals surface area contributed by atoms with Gasteiger partial charge in [0.2, 0.25) is 0 Å². The molecule has 3 rings (SSSR count). The quantitative estimate of drug-likeness (QED) is 0.632. The third kappa shape index (κ3) is 3.62. The molecule has 0 N–H and O–H groups in total. The fourth-order valence-corrected chi connectivity index (χ4v) is 2.59. The highest BCUT2D eigenvalue weighted by molar-refractivity contribution is 7.98. The standard InChI is InChI=1S/C12H11F2N7OS/c1-20-7-15-17-12(20)23-6-10-16-18-19-21(10)8-2-4-9(5-3-8)22-11(13)14/h2-5,7,11H,6H2,1H3. The summed E-state index contributed by atoms with van der Waals surface area (Å²) in [4.78, 5) is 0.